The van der Waals surface area contributed by atoms with Crippen molar-refractivity contribution in [1.29, 1.82) is 0 Å². The Kier molecular flexibility index (Phi) is 5.16. The molecule has 0 bridgehead atoms. The molecular weight excluding hydrogens is 258 g/mol. The van der Waals surface area contributed by atoms with E-state index in [1.165, 1.54) is 12.1 Å². The molecule has 19 heavy (non-hydrogen) atoms. The molecule has 1 heterocycles. The Hall–Kier alpha value is -1.61. The smallest absolute Gasteiger partial charge is 0.151 e. The van der Waals surface area contributed by atoms with Crippen LogP contribution >= 0.6 is 11.6 Å². The second-order valence-electron chi connectivity index (χ2n) is 4.46. The molecule has 1 aromatic carbocycles. The van der Waals surface area contributed by atoms with Crippen LogP contribution in [0.15, 0.2) is 42.5 Å². The quantitative estimate of drug-likeness (QED) is 0.800. The predicted octanol–water partition coefficient (Wildman–Crippen LogP) is 3.94. The molecule has 0 aliphatic rings. The maximum atomic E-state index is 5.76. The number of halogens is 1. The van der Waals surface area contributed by atoms with E-state index in [4.69, 9.17) is 11.6 Å². The molecule has 0 atom stereocenters. The summed E-state index contributed by atoms with van der Waals surface area (Å²) >= 11 is 5.76. The third kappa shape index (κ3) is 4.21. The van der Waals surface area contributed by atoms with Crippen LogP contribution in [0.2, 0.25) is 5.15 Å². The molecule has 3 nitrogen and oxygen atoms in total. The highest BCUT2D eigenvalue weighted by Crippen LogP contribution is 2.17. The lowest BCUT2D eigenvalue weighted by atomic mass is 10.2. The second kappa shape index (κ2) is 7.10. The van der Waals surface area contributed by atoms with Crippen molar-refractivity contribution in [3.05, 3.63) is 53.3 Å². The fourth-order valence-electron chi connectivity index (χ4n) is 1.91. The Bertz CT molecular complexity index is 485. The van der Waals surface area contributed by atoms with Crippen molar-refractivity contribution >= 4 is 17.3 Å². The van der Waals surface area contributed by atoms with Gasteiger partial charge < -0.3 is 4.90 Å². The fraction of sp³-hybridized carbons (Fsp3) is 0.333. The number of nitrogens with zero attached hydrogens (tertiary/aromatic N) is 3. The van der Waals surface area contributed by atoms with Gasteiger partial charge in [0.05, 0.1) is 12.2 Å². The lowest BCUT2D eigenvalue weighted by molar-refractivity contribution is 0.701. The molecule has 2 aromatic rings. The Morgan fingerprint density at radius 2 is 1.84 bits per heavy atom. The second-order valence-corrected chi connectivity index (χ2v) is 4.85. The summed E-state index contributed by atoms with van der Waals surface area (Å²) in [6, 6.07) is 14.1. The van der Waals surface area contributed by atoms with E-state index in [1.54, 1.807) is 6.07 Å². The topological polar surface area (TPSA) is 29.0 Å². The van der Waals surface area contributed by atoms with Crippen LogP contribution in [0.1, 0.15) is 25.5 Å². The third-order valence-corrected chi connectivity index (χ3v) is 3.14. The van der Waals surface area contributed by atoms with E-state index in [-0.39, 0.29) is 0 Å². The van der Waals surface area contributed by atoms with Crippen LogP contribution in [-0.4, -0.2) is 16.7 Å². The van der Waals surface area contributed by atoms with Crippen molar-refractivity contribution in [3.8, 4) is 0 Å². The van der Waals surface area contributed by atoms with Gasteiger partial charge in [0, 0.05) is 12.2 Å². The minimum atomic E-state index is 0.434. The van der Waals surface area contributed by atoms with Crippen LogP contribution < -0.4 is 4.90 Å². The zero-order chi connectivity index (χ0) is 13.5. The van der Waals surface area contributed by atoms with Gasteiger partial charge in [-0.05, 0) is 30.7 Å². The molecule has 0 saturated heterocycles. The maximum Gasteiger partial charge on any atom is 0.151 e. The zero-order valence-electron chi connectivity index (χ0n) is 11.1. The van der Waals surface area contributed by atoms with Gasteiger partial charge in [-0.2, -0.15) is 5.10 Å². The summed E-state index contributed by atoms with van der Waals surface area (Å²) in [7, 11) is 0. The van der Waals surface area contributed by atoms with Gasteiger partial charge in [-0.3, -0.25) is 0 Å². The van der Waals surface area contributed by atoms with Crippen molar-refractivity contribution in [1.82, 2.24) is 10.2 Å². The van der Waals surface area contributed by atoms with Gasteiger partial charge in [0.2, 0.25) is 0 Å². The zero-order valence-corrected chi connectivity index (χ0v) is 11.8. The third-order valence-electron chi connectivity index (χ3n) is 2.94. The first-order valence-corrected chi connectivity index (χ1v) is 6.95. The van der Waals surface area contributed by atoms with Crippen LogP contribution in [0.25, 0.3) is 0 Å². The van der Waals surface area contributed by atoms with Gasteiger partial charge >= 0.3 is 0 Å². The summed E-state index contributed by atoms with van der Waals surface area (Å²) in [6.45, 7) is 3.98. The standard InChI is InChI=1S/C15H18ClN3/c1-2-3-11-19(14-7-5-4-6-8-14)12-13-9-10-15(16)18-17-13/h4-10H,2-3,11-12H2,1H3. The summed E-state index contributed by atoms with van der Waals surface area (Å²) in [5.41, 5.74) is 2.15. The molecule has 0 aliphatic carbocycles. The SMILES string of the molecule is CCCCN(Cc1ccc(Cl)nn1)c1ccccc1. The van der Waals surface area contributed by atoms with Crippen molar-refractivity contribution in [2.45, 2.75) is 26.3 Å². The summed E-state index contributed by atoms with van der Waals surface area (Å²) in [5.74, 6) is 0. The molecule has 1 aromatic heterocycles. The molecule has 2 rings (SSSR count). The number of rotatable bonds is 6. The summed E-state index contributed by atoms with van der Waals surface area (Å²) in [6.07, 6.45) is 2.34. The van der Waals surface area contributed by atoms with E-state index < -0.39 is 0 Å². The Morgan fingerprint density at radius 1 is 1.05 bits per heavy atom. The van der Waals surface area contributed by atoms with Crippen LogP contribution in [0.3, 0.4) is 0 Å². The molecule has 0 unspecified atom stereocenters. The molecular formula is C15H18ClN3. The number of unbranched alkanes of at least 4 members (excludes halogenated alkanes) is 1. The van der Waals surface area contributed by atoms with Gasteiger partial charge in [-0.1, -0.05) is 43.1 Å². The summed E-state index contributed by atoms with van der Waals surface area (Å²) in [4.78, 5) is 2.32. The summed E-state index contributed by atoms with van der Waals surface area (Å²) in [5, 5.41) is 8.46. The van der Waals surface area contributed by atoms with Crippen LogP contribution in [0.4, 0.5) is 5.69 Å². The number of anilines is 1. The minimum absolute atomic E-state index is 0.434. The number of hydrogen-bond acceptors (Lipinski definition) is 3. The molecule has 4 heteroatoms. The number of benzene rings is 1. The highest BCUT2D eigenvalue weighted by atomic mass is 35.5. The van der Waals surface area contributed by atoms with Crippen LogP contribution in [-0.2, 0) is 6.54 Å². The number of hydrogen-bond donors (Lipinski definition) is 0. The van der Waals surface area contributed by atoms with E-state index in [0.29, 0.717) is 5.15 Å². The van der Waals surface area contributed by atoms with E-state index >= 15 is 0 Å². The Balaban J connectivity index is 2.11. The predicted molar refractivity (Wildman–Crippen MR) is 79.4 cm³/mol. The van der Waals surface area contributed by atoms with Gasteiger partial charge in [0.15, 0.2) is 5.15 Å². The highest BCUT2D eigenvalue weighted by molar-refractivity contribution is 6.29. The first-order valence-electron chi connectivity index (χ1n) is 6.57. The van der Waals surface area contributed by atoms with E-state index in [0.717, 1.165) is 25.2 Å². The average molecular weight is 276 g/mol. The van der Waals surface area contributed by atoms with Gasteiger partial charge in [-0.15, -0.1) is 5.10 Å². The summed E-state index contributed by atoms with van der Waals surface area (Å²) < 4.78 is 0. The highest BCUT2D eigenvalue weighted by Gasteiger charge is 2.07. The molecule has 0 fully saturated rings. The van der Waals surface area contributed by atoms with Crippen molar-refractivity contribution in [2.75, 3.05) is 11.4 Å². The van der Waals surface area contributed by atoms with Crippen LogP contribution in [0.5, 0.6) is 0 Å². The molecule has 100 valence electrons. The fourth-order valence-corrected chi connectivity index (χ4v) is 2.01. The largest absolute Gasteiger partial charge is 0.366 e. The molecule has 0 saturated carbocycles. The van der Waals surface area contributed by atoms with Gasteiger partial charge in [0.1, 0.15) is 0 Å². The Labute approximate surface area is 119 Å². The lowest BCUT2D eigenvalue weighted by Gasteiger charge is -2.24. The van der Waals surface area contributed by atoms with Gasteiger partial charge in [-0.25, -0.2) is 0 Å². The molecule has 0 radical (unpaired) electrons. The number of aromatic nitrogens is 2. The Morgan fingerprint density at radius 3 is 2.47 bits per heavy atom. The van der Waals surface area contributed by atoms with E-state index in [2.05, 4.69) is 46.3 Å². The monoisotopic (exact) mass is 275 g/mol. The maximum absolute atomic E-state index is 5.76. The molecule has 0 amide bonds. The van der Waals surface area contributed by atoms with Crippen molar-refractivity contribution in [2.24, 2.45) is 0 Å². The average Bonchev–Trinajstić information content (AvgIpc) is 2.46. The molecule has 0 spiro atoms. The van der Waals surface area contributed by atoms with E-state index in [1.807, 2.05) is 12.1 Å². The van der Waals surface area contributed by atoms with E-state index in [9.17, 15) is 0 Å². The first-order chi connectivity index (χ1) is 9.29. The first kappa shape index (κ1) is 13.8. The molecule has 0 N–H and O–H groups in total. The lowest BCUT2D eigenvalue weighted by Crippen LogP contribution is -2.24. The van der Waals surface area contributed by atoms with Crippen molar-refractivity contribution < 1.29 is 0 Å². The van der Waals surface area contributed by atoms with Gasteiger partial charge in [0.25, 0.3) is 0 Å². The van der Waals surface area contributed by atoms with Crippen LogP contribution in [0, 0.1) is 0 Å². The normalized spacial score (nSPS) is 10.4. The minimum Gasteiger partial charge on any atom is -0.366 e. The molecule has 0 aliphatic heterocycles. The number of para-hydroxylation sites is 1. The van der Waals surface area contributed by atoms with Crippen molar-refractivity contribution in [3.63, 3.8) is 0 Å².